The fourth-order valence-corrected chi connectivity index (χ4v) is 2.36. The highest BCUT2D eigenvalue weighted by Crippen LogP contribution is 2.27. The van der Waals surface area contributed by atoms with E-state index in [1.165, 1.54) is 5.39 Å². The van der Waals surface area contributed by atoms with Gasteiger partial charge in [-0.2, -0.15) is 0 Å². The van der Waals surface area contributed by atoms with Crippen LogP contribution in [0.1, 0.15) is 5.69 Å². The molecule has 0 saturated carbocycles. The van der Waals surface area contributed by atoms with Gasteiger partial charge in [0.05, 0.1) is 0 Å². The van der Waals surface area contributed by atoms with Crippen molar-refractivity contribution in [3.63, 3.8) is 0 Å². The van der Waals surface area contributed by atoms with Gasteiger partial charge in [0.1, 0.15) is 11.5 Å². The van der Waals surface area contributed by atoms with Crippen molar-refractivity contribution < 1.29 is 4.74 Å². The van der Waals surface area contributed by atoms with E-state index in [1.807, 2.05) is 37.3 Å². The summed E-state index contributed by atoms with van der Waals surface area (Å²) in [5.41, 5.74) is 0.946. The van der Waals surface area contributed by atoms with Crippen LogP contribution in [0, 0.1) is 6.92 Å². The second-order valence-corrected chi connectivity index (χ2v) is 5.30. The summed E-state index contributed by atoms with van der Waals surface area (Å²) in [7, 11) is 0. The van der Waals surface area contributed by atoms with E-state index in [9.17, 15) is 0 Å². The van der Waals surface area contributed by atoms with Gasteiger partial charge in [-0.3, -0.25) is 4.98 Å². The Morgan fingerprint density at radius 1 is 0.895 bits per heavy atom. The van der Waals surface area contributed by atoms with Gasteiger partial charge in [0.25, 0.3) is 0 Å². The highest BCUT2D eigenvalue weighted by atomic mass is 79.9. The second kappa shape index (κ2) is 5.02. The molecule has 0 aliphatic carbocycles. The van der Waals surface area contributed by atoms with Gasteiger partial charge >= 0.3 is 0 Å². The Balaban J connectivity index is 1.95. The monoisotopic (exact) mass is 313 g/mol. The zero-order chi connectivity index (χ0) is 13.2. The smallest absolute Gasteiger partial charge is 0.130 e. The maximum absolute atomic E-state index is 5.85. The third-order valence-electron chi connectivity index (χ3n) is 2.88. The van der Waals surface area contributed by atoms with Crippen LogP contribution in [0.15, 0.2) is 59.2 Å². The van der Waals surface area contributed by atoms with Crippen molar-refractivity contribution in [3.05, 3.63) is 64.9 Å². The predicted molar refractivity (Wildman–Crippen MR) is 80.7 cm³/mol. The summed E-state index contributed by atoms with van der Waals surface area (Å²) in [5.74, 6) is 1.64. The minimum Gasteiger partial charge on any atom is -0.457 e. The minimum atomic E-state index is 0.809. The Labute approximate surface area is 120 Å². The molecule has 0 aliphatic heterocycles. The van der Waals surface area contributed by atoms with Gasteiger partial charge in [-0.1, -0.05) is 28.1 Å². The summed E-state index contributed by atoms with van der Waals surface area (Å²) in [6.07, 6.45) is 1.75. The first-order chi connectivity index (χ1) is 9.20. The van der Waals surface area contributed by atoms with Crippen molar-refractivity contribution in [2.75, 3.05) is 0 Å². The van der Waals surface area contributed by atoms with Crippen molar-refractivity contribution in [3.8, 4) is 11.5 Å². The van der Waals surface area contributed by atoms with E-state index >= 15 is 0 Å². The number of benzene rings is 2. The molecular weight excluding hydrogens is 302 g/mol. The van der Waals surface area contributed by atoms with Crippen LogP contribution >= 0.6 is 15.9 Å². The first kappa shape index (κ1) is 12.2. The highest BCUT2D eigenvalue weighted by molar-refractivity contribution is 9.10. The molecule has 1 heterocycles. The van der Waals surface area contributed by atoms with Crippen LogP contribution in [-0.2, 0) is 0 Å². The van der Waals surface area contributed by atoms with E-state index in [0.29, 0.717) is 0 Å². The van der Waals surface area contributed by atoms with Crippen molar-refractivity contribution >= 4 is 26.7 Å². The number of aryl methyl sites for hydroxylation is 1. The first-order valence-electron chi connectivity index (χ1n) is 6.00. The molecule has 0 unspecified atom stereocenters. The van der Waals surface area contributed by atoms with Crippen molar-refractivity contribution in [1.29, 1.82) is 0 Å². The maximum atomic E-state index is 5.85. The number of ether oxygens (including phenoxy) is 1. The molecular formula is C16H12BrNO. The largest absolute Gasteiger partial charge is 0.457 e. The van der Waals surface area contributed by atoms with Crippen molar-refractivity contribution in [1.82, 2.24) is 4.98 Å². The normalized spacial score (nSPS) is 10.6. The average molecular weight is 314 g/mol. The molecule has 3 rings (SSSR count). The molecule has 3 aromatic rings. The molecule has 19 heavy (non-hydrogen) atoms. The molecule has 0 amide bonds. The van der Waals surface area contributed by atoms with Crippen LogP contribution < -0.4 is 4.74 Å². The Morgan fingerprint density at radius 2 is 1.63 bits per heavy atom. The van der Waals surface area contributed by atoms with Crippen LogP contribution in [0.25, 0.3) is 10.8 Å². The van der Waals surface area contributed by atoms with E-state index in [0.717, 1.165) is 27.1 Å². The SMILES string of the molecule is Cc1cc(Oc2ccc3cc(Br)ccc3c2)ccn1. The zero-order valence-corrected chi connectivity index (χ0v) is 12.0. The summed E-state index contributed by atoms with van der Waals surface area (Å²) in [6.45, 7) is 1.95. The quantitative estimate of drug-likeness (QED) is 0.656. The van der Waals surface area contributed by atoms with E-state index in [-0.39, 0.29) is 0 Å². The third-order valence-corrected chi connectivity index (χ3v) is 3.37. The Bertz CT molecular complexity index is 740. The number of rotatable bonds is 2. The lowest BCUT2D eigenvalue weighted by atomic mass is 10.1. The average Bonchev–Trinajstić information content (AvgIpc) is 2.39. The van der Waals surface area contributed by atoms with Crippen molar-refractivity contribution in [2.45, 2.75) is 6.92 Å². The summed E-state index contributed by atoms with van der Waals surface area (Å²) >= 11 is 3.47. The fraction of sp³-hybridized carbons (Fsp3) is 0.0625. The van der Waals surface area contributed by atoms with Gasteiger partial charge < -0.3 is 4.74 Å². The lowest BCUT2D eigenvalue weighted by Gasteiger charge is -2.07. The first-order valence-corrected chi connectivity index (χ1v) is 6.80. The predicted octanol–water partition coefficient (Wildman–Crippen LogP) is 5.10. The molecule has 0 fully saturated rings. The lowest BCUT2D eigenvalue weighted by Crippen LogP contribution is -1.86. The van der Waals surface area contributed by atoms with Gasteiger partial charge in [-0.25, -0.2) is 0 Å². The van der Waals surface area contributed by atoms with E-state index in [4.69, 9.17) is 4.74 Å². The lowest BCUT2D eigenvalue weighted by molar-refractivity contribution is 0.482. The number of hydrogen-bond donors (Lipinski definition) is 0. The maximum Gasteiger partial charge on any atom is 0.130 e. The molecule has 0 bridgehead atoms. The van der Waals surface area contributed by atoms with E-state index < -0.39 is 0 Å². The van der Waals surface area contributed by atoms with Crippen molar-refractivity contribution in [2.24, 2.45) is 0 Å². The molecule has 0 saturated heterocycles. The molecule has 2 aromatic carbocycles. The number of halogens is 1. The van der Waals surface area contributed by atoms with Crippen LogP contribution in [-0.4, -0.2) is 4.98 Å². The number of fused-ring (bicyclic) bond motifs is 1. The summed E-state index contributed by atoms with van der Waals surface area (Å²) < 4.78 is 6.93. The van der Waals surface area contributed by atoms with Crippen LogP contribution in [0.4, 0.5) is 0 Å². The van der Waals surface area contributed by atoms with Crippen LogP contribution in [0.5, 0.6) is 11.5 Å². The molecule has 0 radical (unpaired) electrons. The van der Waals surface area contributed by atoms with Gasteiger partial charge in [-0.15, -0.1) is 0 Å². The number of aromatic nitrogens is 1. The molecule has 0 spiro atoms. The Morgan fingerprint density at radius 3 is 2.47 bits per heavy atom. The highest BCUT2D eigenvalue weighted by Gasteiger charge is 2.01. The number of hydrogen-bond acceptors (Lipinski definition) is 2. The van der Waals surface area contributed by atoms with Gasteiger partial charge in [0.2, 0.25) is 0 Å². The van der Waals surface area contributed by atoms with Gasteiger partial charge in [-0.05, 0) is 48.0 Å². The molecule has 0 N–H and O–H groups in total. The molecule has 1 aromatic heterocycles. The second-order valence-electron chi connectivity index (χ2n) is 4.39. The van der Waals surface area contributed by atoms with E-state index in [2.05, 4.69) is 39.1 Å². The Kier molecular flexibility index (Phi) is 3.22. The summed E-state index contributed by atoms with van der Waals surface area (Å²) in [5, 5.41) is 2.35. The fourth-order valence-electron chi connectivity index (χ4n) is 1.98. The zero-order valence-electron chi connectivity index (χ0n) is 10.4. The minimum absolute atomic E-state index is 0.809. The standard InChI is InChI=1S/C16H12BrNO/c1-11-8-16(6-7-18-11)19-15-5-3-12-9-14(17)4-2-13(12)10-15/h2-10H,1H3. The third kappa shape index (κ3) is 2.76. The molecule has 94 valence electrons. The van der Waals surface area contributed by atoms with E-state index in [1.54, 1.807) is 6.20 Å². The summed E-state index contributed by atoms with van der Waals surface area (Å²) in [6, 6.07) is 16.1. The number of nitrogens with zero attached hydrogens (tertiary/aromatic N) is 1. The number of pyridine rings is 1. The molecule has 0 aliphatic rings. The molecule has 0 atom stereocenters. The van der Waals surface area contributed by atoms with Crippen LogP contribution in [0.3, 0.4) is 0 Å². The molecule has 3 heteroatoms. The Hall–Kier alpha value is -1.87. The topological polar surface area (TPSA) is 22.1 Å². The van der Waals surface area contributed by atoms with Gasteiger partial charge in [0, 0.05) is 22.4 Å². The summed E-state index contributed by atoms with van der Waals surface area (Å²) in [4.78, 5) is 4.16. The van der Waals surface area contributed by atoms with Crippen LogP contribution in [0.2, 0.25) is 0 Å². The molecule has 2 nitrogen and oxygen atoms in total. The van der Waals surface area contributed by atoms with Gasteiger partial charge in [0.15, 0.2) is 0 Å².